The lowest BCUT2D eigenvalue weighted by molar-refractivity contribution is 0.0697. The van der Waals surface area contributed by atoms with E-state index in [4.69, 9.17) is 9.73 Å². The van der Waals surface area contributed by atoms with E-state index in [9.17, 15) is 18.4 Å². The number of nitrogens with zero attached hydrogens (tertiary/aromatic N) is 3. The first-order valence-electron chi connectivity index (χ1n) is 12.5. The minimum atomic E-state index is -0.910. The van der Waals surface area contributed by atoms with E-state index in [0.717, 1.165) is 31.7 Å². The van der Waals surface area contributed by atoms with Crippen molar-refractivity contribution < 1.29 is 23.1 Å². The lowest BCUT2D eigenvalue weighted by Crippen LogP contribution is -2.58. The molecule has 0 unspecified atom stereocenters. The first-order chi connectivity index (χ1) is 17.4. The number of piperidine rings is 1. The van der Waals surface area contributed by atoms with E-state index in [1.807, 2.05) is 0 Å². The maximum Gasteiger partial charge on any atom is 0.328 e. The van der Waals surface area contributed by atoms with Crippen molar-refractivity contribution in [3.63, 3.8) is 0 Å². The molecule has 3 aliphatic rings. The van der Waals surface area contributed by atoms with Crippen LogP contribution in [0.25, 0.3) is 0 Å². The van der Waals surface area contributed by atoms with Gasteiger partial charge in [0.25, 0.3) is 5.91 Å². The van der Waals surface area contributed by atoms with Gasteiger partial charge in [0.1, 0.15) is 28.8 Å². The number of benzene rings is 2. The third kappa shape index (κ3) is 4.42. The van der Waals surface area contributed by atoms with Crippen LogP contribution in [0.15, 0.2) is 47.5 Å². The summed E-state index contributed by atoms with van der Waals surface area (Å²) in [4.78, 5) is 34.7. The Hall–Kier alpha value is -3.49. The fourth-order valence-corrected chi connectivity index (χ4v) is 5.68. The number of para-hydroxylation sites is 1. The molecule has 2 aromatic carbocycles. The van der Waals surface area contributed by atoms with Crippen molar-refractivity contribution in [3.8, 4) is 5.75 Å². The number of nitrogens with one attached hydrogen (secondary N) is 1. The number of likely N-dealkylation sites (tertiary alicyclic amines) is 1. The van der Waals surface area contributed by atoms with E-state index < -0.39 is 23.2 Å². The van der Waals surface area contributed by atoms with Crippen LogP contribution in [0.4, 0.5) is 19.3 Å². The van der Waals surface area contributed by atoms with Gasteiger partial charge in [0.05, 0.1) is 24.4 Å². The Morgan fingerprint density at radius 2 is 1.72 bits per heavy atom. The van der Waals surface area contributed by atoms with E-state index in [2.05, 4.69) is 5.32 Å². The van der Waals surface area contributed by atoms with Crippen molar-refractivity contribution in [1.29, 1.82) is 0 Å². The van der Waals surface area contributed by atoms with E-state index >= 15 is 0 Å². The van der Waals surface area contributed by atoms with Crippen molar-refractivity contribution in [2.75, 3.05) is 25.1 Å². The second-order valence-corrected chi connectivity index (χ2v) is 9.69. The molecule has 1 aliphatic carbocycles. The average molecular weight is 497 g/mol. The normalized spacial score (nSPS) is 21.2. The van der Waals surface area contributed by atoms with Gasteiger partial charge in [-0.1, -0.05) is 31.4 Å². The number of rotatable bonds is 4. The van der Waals surface area contributed by atoms with Gasteiger partial charge in [-0.2, -0.15) is 0 Å². The predicted octanol–water partition coefficient (Wildman–Crippen LogP) is 4.91. The first-order valence-corrected chi connectivity index (χ1v) is 12.5. The lowest BCUT2D eigenvalue weighted by Gasteiger charge is -2.43. The van der Waals surface area contributed by atoms with Crippen LogP contribution in [0.1, 0.15) is 55.3 Å². The van der Waals surface area contributed by atoms with Crippen LogP contribution in [0.2, 0.25) is 0 Å². The van der Waals surface area contributed by atoms with Gasteiger partial charge in [-0.3, -0.25) is 20.0 Å². The molecule has 0 bridgehead atoms. The zero-order valence-electron chi connectivity index (χ0n) is 20.3. The summed E-state index contributed by atoms with van der Waals surface area (Å²) in [6.45, 7) is 0.702. The number of carbonyl (C=O) groups excluding carboxylic acids is 2. The number of amidine groups is 1. The summed E-state index contributed by atoms with van der Waals surface area (Å²) in [5, 5.41) is 2.91. The summed E-state index contributed by atoms with van der Waals surface area (Å²) in [6.07, 6.45) is 6.01. The summed E-state index contributed by atoms with van der Waals surface area (Å²) in [7, 11) is 1.52. The van der Waals surface area contributed by atoms with Gasteiger partial charge in [0.15, 0.2) is 0 Å². The molecule has 3 amide bonds. The molecular weight excluding hydrogens is 466 g/mol. The topological polar surface area (TPSA) is 74.2 Å². The molecule has 1 N–H and O–H groups in total. The average Bonchev–Trinajstić information content (AvgIpc) is 3.14. The number of aliphatic imine (C=N–C) groups is 1. The molecule has 7 nitrogen and oxygen atoms in total. The highest BCUT2D eigenvalue weighted by Gasteiger charge is 2.54. The molecule has 9 heteroatoms. The highest BCUT2D eigenvalue weighted by atomic mass is 19.1. The van der Waals surface area contributed by atoms with Gasteiger partial charge in [-0.25, -0.2) is 13.6 Å². The number of hydrogen-bond donors (Lipinski definition) is 1. The number of amides is 3. The molecule has 1 spiro atoms. The third-order valence-electron chi connectivity index (χ3n) is 7.50. The molecule has 190 valence electrons. The smallest absolute Gasteiger partial charge is 0.328 e. The molecule has 36 heavy (non-hydrogen) atoms. The Morgan fingerprint density at radius 3 is 2.39 bits per heavy atom. The summed E-state index contributed by atoms with van der Waals surface area (Å²) in [5.41, 5.74) is -0.299. The van der Waals surface area contributed by atoms with Gasteiger partial charge in [0, 0.05) is 19.2 Å². The second-order valence-electron chi connectivity index (χ2n) is 9.69. The number of urea groups is 1. The number of carbonyl (C=O) groups is 2. The number of anilines is 1. The van der Waals surface area contributed by atoms with E-state index in [1.165, 1.54) is 30.6 Å². The Labute approximate surface area is 209 Å². The SMILES string of the molecule is COc1ccccc1C(=O)N1CCC2(CC1)C(=NC1CCCCC1)NC(=O)N2c1cc(F)cc(F)c1. The second kappa shape index (κ2) is 9.87. The largest absolute Gasteiger partial charge is 0.496 e. The molecule has 1 saturated carbocycles. The zero-order chi connectivity index (χ0) is 25.3. The van der Waals surface area contributed by atoms with Gasteiger partial charge < -0.3 is 9.64 Å². The number of hydrogen-bond acceptors (Lipinski definition) is 4. The van der Waals surface area contributed by atoms with E-state index in [-0.39, 0.29) is 17.6 Å². The fraction of sp³-hybridized carbons (Fsp3) is 0.444. The van der Waals surface area contributed by atoms with Gasteiger partial charge in [-0.15, -0.1) is 0 Å². The van der Waals surface area contributed by atoms with Crippen LogP contribution >= 0.6 is 0 Å². The highest BCUT2D eigenvalue weighted by Crippen LogP contribution is 2.39. The van der Waals surface area contributed by atoms with Crippen LogP contribution < -0.4 is 15.0 Å². The Balaban J connectivity index is 1.48. The maximum absolute atomic E-state index is 14.2. The molecule has 2 aromatic rings. The zero-order valence-corrected chi connectivity index (χ0v) is 20.3. The lowest BCUT2D eigenvalue weighted by atomic mass is 9.84. The maximum atomic E-state index is 14.2. The molecule has 2 saturated heterocycles. The third-order valence-corrected chi connectivity index (χ3v) is 7.50. The van der Waals surface area contributed by atoms with Gasteiger partial charge >= 0.3 is 6.03 Å². The Kier molecular flexibility index (Phi) is 6.64. The Bertz CT molecular complexity index is 1170. The molecular formula is C27H30F2N4O3. The van der Waals surface area contributed by atoms with Gasteiger partial charge in [0.2, 0.25) is 0 Å². The minimum absolute atomic E-state index is 0.100. The highest BCUT2D eigenvalue weighted by molar-refractivity contribution is 6.19. The summed E-state index contributed by atoms with van der Waals surface area (Å²) < 4.78 is 33.7. The van der Waals surface area contributed by atoms with Crippen LogP contribution in [0.3, 0.4) is 0 Å². The first kappa shape index (κ1) is 24.2. The number of methoxy groups -OCH3 is 1. The van der Waals surface area contributed by atoms with Crippen molar-refractivity contribution in [1.82, 2.24) is 10.2 Å². The molecule has 5 rings (SSSR count). The van der Waals surface area contributed by atoms with Crippen molar-refractivity contribution in [3.05, 3.63) is 59.7 Å². The monoisotopic (exact) mass is 496 g/mol. The standard InChI is InChI=1S/C27H30F2N4O3/c1-36-23-10-6-5-9-22(23)24(34)32-13-11-27(12-14-32)25(30-20-7-3-2-4-8-20)31-26(35)33(27)21-16-18(28)15-19(29)17-21/h5-6,9-10,15-17,20H,2-4,7-8,11-14H2,1H3,(H,30,31,35). The molecule has 0 atom stereocenters. The van der Waals surface area contributed by atoms with Crippen LogP contribution in [-0.2, 0) is 0 Å². The molecule has 2 heterocycles. The fourth-order valence-electron chi connectivity index (χ4n) is 5.68. The van der Waals surface area contributed by atoms with Crippen LogP contribution in [0, 0.1) is 11.6 Å². The molecule has 0 radical (unpaired) electrons. The summed E-state index contributed by atoms with van der Waals surface area (Å²) in [5.74, 6) is -0.636. The van der Waals surface area contributed by atoms with Crippen molar-refractivity contribution in [2.24, 2.45) is 4.99 Å². The number of ether oxygens (including phenoxy) is 1. The minimum Gasteiger partial charge on any atom is -0.496 e. The number of halogens is 2. The van der Waals surface area contributed by atoms with Crippen molar-refractivity contribution >= 4 is 23.5 Å². The van der Waals surface area contributed by atoms with Crippen LogP contribution in [-0.4, -0.2) is 54.5 Å². The molecule has 3 fully saturated rings. The van der Waals surface area contributed by atoms with E-state index in [1.54, 1.807) is 29.2 Å². The van der Waals surface area contributed by atoms with Crippen LogP contribution in [0.5, 0.6) is 5.75 Å². The quantitative estimate of drug-likeness (QED) is 0.654. The molecule has 0 aromatic heterocycles. The van der Waals surface area contributed by atoms with E-state index in [0.29, 0.717) is 43.1 Å². The summed E-state index contributed by atoms with van der Waals surface area (Å²) >= 11 is 0. The molecule has 2 aliphatic heterocycles. The Morgan fingerprint density at radius 1 is 1.06 bits per heavy atom. The van der Waals surface area contributed by atoms with Gasteiger partial charge in [-0.05, 0) is 49.9 Å². The predicted molar refractivity (Wildman–Crippen MR) is 133 cm³/mol. The summed E-state index contributed by atoms with van der Waals surface area (Å²) in [6, 6.07) is 9.83. The van der Waals surface area contributed by atoms with Crippen molar-refractivity contribution in [2.45, 2.75) is 56.5 Å².